The molecule has 174 valence electrons. The van der Waals surface area contributed by atoms with E-state index in [4.69, 9.17) is 14.8 Å². The first kappa shape index (κ1) is 23.2. The molecule has 7 heteroatoms. The first-order valence-corrected chi connectivity index (χ1v) is 11.4. The van der Waals surface area contributed by atoms with E-state index in [0.29, 0.717) is 30.7 Å². The summed E-state index contributed by atoms with van der Waals surface area (Å²) in [5.74, 6) is -0.483. The summed E-state index contributed by atoms with van der Waals surface area (Å²) in [4.78, 5) is 29.2. The number of hydrogen-bond acceptors (Lipinski definition) is 5. The summed E-state index contributed by atoms with van der Waals surface area (Å²) in [6.07, 6.45) is 0.854. The Morgan fingerprint density at radius 2 is 1.68 bits per heavy atom. The first-order valence-electron chi connectivity index (χ1n) is 11.4. The number of rotatable bonds is 7. The summed E-state index contributed by atoms with van der Waals surface area (Å²) in [5, 5.41) is 7.62. The van der Waals surface area contributed by atoms with Crippen LogP contribution in [-0.2, 0) is 16.0 Å². The zero-order valence-corrected chi connectivity index (χ0v) is 19.9. The van der Waals surface area contributed by atoms with Gasteiger partial charge in [0.25, 0.3) is 0 Å². The highest BCUT2D eigenvalue weighted by Crippen LogP contribution is 2.29. The summed E-state index contributed by atoms with van der Waals surface area (Å²) in [6.45, 7) is 8.07. The molecule has 0 radical (unpaired) electrons. The number of amides is 1. The van der Waals surface area contributed by atoms with Gasteiger partial charge in [0.2, 0.25) is 5.91 Å². The number of anilines is 1. The van der Waals surface area contributed by atoms with E-state index in [1.165, 1.54) is 0 Å². The average molecular weight is 457 g/mol. The third kappa shape index (κ3) is 4.69. The first-order chi connectivity index (χ1) is 16.4. The Bertz CT molecular complexity index is 1340. The molecule has 7 nitrogen and oxygen atoms in total. The van der Waals surface area contributed by atoms with Crippen LogP contribution in [0.25, 0.3) is 16.8 Å². The molecule has 2 aromatic heterocycles. The Kier molecular flexibility index (Phi) is 6.72. The lowest BCUT2D eigenvalue weighted by Gasteiger charge is -2.12. The number of benzene rings is 2. The van der Waals surface area contributed by atoms with E-state index in [0.717, 1.165) is 39.4 Å². The summed E-state index contributed by atoms with van der Waals surface area (Å²) in [6, 6.07) is 16.8. The van der Waals surface area contributed by atoms with E-state index in [9.17, 15) is 9.59 Å². The van der Waals surface area contributed by atoms with Crippen molar-refractivity contribution in [2.75, 3.05) is 11.9 Å². The summed E-state index contributed by atoms with van der Waals surface area (Å²) >= 11 is 0. The monoisotopic (exact) mass is 456 g/mol. The second-order valence-corrected chi connectivity index (χ2v) is 8.17. The molecule has 4 rings (SSSR count). The van der Waals surface area contributed by atoms with Crippen LogP contribution in [0.3, 0.4) is 0 Å². The molecule has 2 heterocycles. The van der Waals surface area contributed by atoms with Gasteiger partial charge < -0.3 is 10.1 Å². The van der Waals surface area contributed by atoms with E-state index < -0.39 is 0 Å². The molecule has 0 unspecified atom stereocenters. The van der Waals surface area contributed by atoms with E-state index >= 15 is 0 Å². The van der Waals surface area contributed by atoms with Gasteiger partial charge in [0.15, 0.2) is 5.65 Å². The normalized spacial score (nSPS) is 10.9. The van der Waals surface area contributed by atoms with E-state index in [2.05, 4.69) is 17.4 Å². The minimum Gasteiger partial charge on any atom is -0.462 e. The zero-order valence-electron chi connectivity index (χ0n) is 19.9. The highest BCUT2D eigenvalue weighted by molar-refractivity contribution is 5.93. The van der Waals surface area contributed by atoms with Crippen molar-refractivity contribution < 1.29 is 14.3 Å². The third-order valence-corrected chi connectivity index (χ3v) is 5.85. The number of nitrogens with zero attached hydrogens (tertiary/aromatic N) is 3. The quantitative estimate of drug-likeness (QED) is 0.393. The molecule has 0 atom stereocenters. The number of nitrogens with one attached hydrogen (secondary N) is 1. The molecule has 0 saturated carbocycles. The Balaban J connectivity index is 1.49. The van der Waals surface area contributed by atoms with Gasteiger partial charge in [0, 0.05) is 29.1 Å². The fraction of sp³-hybridized carbons (Fsp3) is 0.259. The van der Waals surface area contributed by atoms with E-state index in [1.54, 1.807) is 31.2 Å². The van der Waals surface area contributed by atoms with Crippen LogP contribution < -0.4 is 5.32 Å². The highest BCUT2D eigenvalue weighted by atomic mass is 16.5. The van der Waals surface area contributed by atoms with E-state index in [-0.39, 0.29) is 11.9 Å². The van der Waals surface area contributed by atoms with Gasteiger partial charge in [0.1, 0.15) is 0 Å². The molecule has 0 fully saturated rings. The summed E-state index contributed by atoms with van der Waals surface area (Å²) in [7, 11) is 0. The average Bonchev–Trinajstić information content (AvgIpc) is 3.16. The van der Waals surface area contributed by atoms with Crippen LogP contribution in [0.15, 0.2) is 54.6 Å². The van der Waals surface area contributed by atoms with Crippen molar-refractivity contribution in [2.24, 2.45) is 0 Å². The maximum absolute atomic E-state index is 12.6. The fourth-order valence-electron chi connectivity index (χ4n) is 4.14. The van der Waals surface area contributed by atoms with Gasteiger partial charge in [-0.25, -0.2) is 14.3 Å². The number of hydrogen-bond donors (Lipinski definition) is 1. The molecule has 2 aromatic carbocycles. The van der Waals surface area contributed by atoms with Crippen molar-refractivity contribution in [2.45, 2.75) is 40.5 Å². The number of aryl methyl sites for hydroxylation is 3. The summed E-state index contributed by atoms with van der Waals surface area (Å²) in [5.41, 5.74) is 7.85. The maximum atomic E-state index is 12.6. The molecule has 0 bridgehead atoms. The van der Waals surface area contributed by atoms with Gasteiger partial charge in [-0.1, -0.05) is 30.3 Å². The predicted molar refractivity (Wildman–Crippen MR) is 132 cm³/mol. The van der Waals surface area contributed by atoms with Crippen LogP contribution in [-0.4, -0.2) is 33.1 Å². The van der Waals surface area contributed by atoms with Gasteiger partial charge in [-0.2, -0.15) is 5.10 Å². The molecule has 0 aliphatic rings. The van der Waals surface area contributed by atoms with Gasteiger partial charge in [-0.3, -0.25) is 4.79 Å². The van der Waals surface area contributed by atoms with Crippen molar-refractivity contribution in [1.29, 1.82) is 0 Å². The topological polar surface area (TPSA) is 85.6 Å². The molecule has 0 aliphatic carbocycles. The molecule has 0 aliphatic heterocycles. The van der Waals surface area contributed by atoms with Crippen molar-refractivity contribution >= 4 is 23.2 Å². The lowest BCUT2D eigenvalue weighted by Crippen LogP contribution is -2.14. The Hall–Kier alpha value is -4.00. The summed E-state index contributed by atoms with van der Waals surface area (Å²) < 4.78 is 6.86. The lowest BCUT2D eigenvalue weighted by molar-refractivity contribution is -0.116. The predicted octanol–water partition coefficient (Wildman–Crippen LogP) is 5.07. The number of carbonyl (C=O) groups is 2. The highest BCUT2D eigenvalue weighted by Gasteiger charge is 2.18. The molecule has 0 spiro atoms. The molecule has 4 aromatic rings. The zero-order chi connectivity index (χ0) is 24.2. The molecule has 1 N–H and O–H groups in total. The van der Waals surface area contributed by atoms with Crippen LogP contribution in [0.5, 0.6) is 0 Å². The maximum Gasteiger partial charge on any atom is 0.338 e. The van der Waals surface area contributed by atoms with Gasteiger partial charge in [0.05, 0.1) is 17.9 Å². The number of aromatic nitrogens is 3. The van der Waals surface area contributed by atoms with Crippen molar-refractivity contribution in [1.82, 2.24) is 14.6 Å². The number of esters is 1. The SMILES string of the molecule is CCOC(=O)c1ccc(NC(=O)CCc2c(C)nc3c(-c4ccccc4)c(C)nn3c2C)cc1. The van der Waals surface area contributed by atoms with Crippen LogP contribution in [0.2, 0.25) is 0 Å². The van der Waals surface area contributed by atoms with Crippen molar-refractivity contribution in [3.63, 3.8) is 0 Å². The minimum absolute atomic E-state index is 0.107. The van der Waals surface area contributed by atoms with Crippen LogP contribution >= 0.6 is 0 Å². The molecule has 1 amide bonds. The number of fused-ring (bicyclic) bond motifs is 1. The third-order valence-electron chi connectivity index (χ3n) is 5.85. The van der Waals surface area contributed by atoms with Gasteiger partial charge >= 0.3 is 5.97 Å². The van der Waals surface area contributed by atoms with Crippen LogP contribution in [0, 0.1) is 20.8 Å². The van der Waals surface area contributed by atoms with Gasteiger partial charge in [-0.15, -0.1) is 0 Å². The van der Waals surface area contributed by atoms with Crippen molar-refractivity contribution in [3.8, 4) is 11.1 Å². The molecule has 34 heavy (non-hydrogen) atoms. The number of carbonyl (C=O) groups excluding carboxylic acids is 2. The number of ether oxygens (including phenoxy) is 1. The Labute approximate surface area is 198 Å². The molecular formula is C27H28N4O3. The van der Waals surface area contributed by atoms with Crippen LogP contribution in [0.1, 0.15) is 46.3 Å². The van der Waals surface area contributed by atoms with Gasteiger partial charge in [-0.05, 0) is 69.5 Å². The lowest BCUT2D eigenvalue weighted by atomic mass is 10.0. The second-order valence-electron chi connectivity index (χ2n) is 8.17. The minimum atomic E-state index is -0.376. The Morgan fingerprint density at radius 1 is 0.971 bits per heavy atom. The van der Waals surface area contributed by atoms with E-state index in [1.807, 2.05) is 43.5 Å². The second kappa shape index (κ2) is 9.87. The van der Waals surface area contributed by atoms with Crippen LogP contribution in [0.4, 0.5) is 5.69 Å². The van der Waals surface area contributed by atoms with Crippen molar-refractivity contribution in [3.05, 3.63) is 82.8 Å². The fourth-order valence-corrected chi connectivity index (χ4v) is 4.14. The largest absolute Gasteiger partial charge is 0.462 e. The smallest absolute Gasteiger partial charge is 0.338 e. The molecule has 0 saturated heterocycles. The molecular weight excluding hydrogens is 428 g/mol. The Morgan fingerprint density at radius 3 is 2.35 bits per heavy atom. The standard InChI is InChI=1S/C27H28N4O3/c1-5-34-27(33)21-11-13-22(14-12-21)29-24(32)16-15-23-17(2)28-26-25(20-9-7-6-8-10-20)18(3)30-31(26)19(23)4/h6-14H,5,15-16H2,1-4H3,(H,29,32).